The minimum Gasteiger partial charge on any atom is -0.545 e. The minimum absolute atomic E-state index is 0. The predicted octanol–water partition coefficient (Wildman–Crippen LogP) is 7.65. The van der Waals surface area contributed by atoms with E-state index in [2.05, 4.69) is 6.92 Å². The van der Waals surface area contributed by atoms with Gasteiger partial charge in [-0.25, -0.2) is 4.79 Å². The largest absolute Gasteiger partial charge is 2.00 e. The molecule has 0 saturated carbocycles. The molecule has 0 aliphatic heterocycles. The second-order valence-corrected chi connectivity index (χ2v) is 9.72. The minimum atomic E-state index is -1.29. The van der Waals surface area contributed by atoms with Crippen molar-refractivity contribution in [3.05, 3.63) is 35.4 Å². The zero-order chi connectivity index (χ0) is 24.7. The van der Waals surface area contributed by atoms with Crippen LogP contribution in [0.1, 0.15) is 156 Å². The Labute approximate surface area is 245 Å². The number of esters is 1. The monoisotopic (exact) mass is 513 g/mol. The van der Waals surface area contributed by atoms with Gasteiger partial charge < -0.3 is 14.6 Å². The third kappa shape index (κ3) is 20.2. The Morgan fingerprint density at radius 1 is 0.629 bits per heavy atom. The van der Waals surface area contributed by atoms with Gasteiger partial charge in [0.05, 0.1) is 18.1 Å². The van der Waals surface area contributed by atoms with Crippen molar-refractivity contribution in [3.63, 3.8) is 0 Å². The Bertz CT molecular complexity index is 647. The molecule has 5 heteroatoms. The van der Waals surface area contributed by atoms with Crippen LogP contribution in [0.5, 0.6) is 0 Å². The maximum Gasteiger partial charge on any atom is 2.00 e. The summed E-state index contributed by atoms with van der Waals surface area (Å²) < 4.78 is 5.25. The standard InChI is InChI=1S/C30H50O4.Ca/c1-2-3-4-5-6-7-8-9-10-11-12-13-14-15-16-17-18-19-20-21-25-34-30(33)28-24-22-23-27(26-28)29(31)32;/h22-24,26H,2-21,25H2,1H3,(H,31,32);/q;+2/p-1. The van der Waals surface area contributed by atoms with Gasteiger partial charge in [-0.3, -0.25) is 0 Å². The average molecular weight is 514 g/mol. The van der Waals surface area contributed by atoms with Crippen LogP contribution in [0.2, 0.25) is 0 Å². The first kappa shape index (κ1) is 34.4. The Kier molecular flexibility index (Phi) is 24.7. The number of carboxylic acids is 1. The van der Waals surface area contributed by atoms with Gasteiger partial charge in [0.1, 0.15) is 0 Å². The van der Waals surface area contributed by atoms with Crippen molar-refractivity contribution in [2.24, 2.45) is 0 Å². The number of carbonyl (C=O) groups excluding carboxylic acids is 2. The van der Waals surface area contributed by atoms with E-state index >= 15 is 0 Å². The molecule has 0 amide bonds. The van der Waals surface area contributed by atoms with Crippen molar-refractivity contribution in [2.75, 3.05) is 6.61 Å². The molecule has 0 radical (unpaired) electrons. The summed E-state index contributed by atoms with van der Waals surface area (Å²) in [5.41, 5.74) is 0.253. The zero-order valence-corrected chi connectivity index (χ0v) is 24.7. The van der Waals surface area contributed by atoms with Crippen LogP contribution in [-0.2, 0) is 4.74 Å². The number of ether oxygens (including phenoxy) is 1. The molecule has 0 bridgehead atoms. The maximum atomic E-state index is 12.0. The number of rotatable bonds is 23. The van der Waals surface area contributed by atoms with E-state index < -0.39 is 11.9 Å². The molecule has 194 valence electrons. The SMILES string of the molecule is CCCCCCCCCCCCCCCCCCCCCCOC(=O)c1cccc(C(=O)[O-])c1.[Ca+2]. The topological polar surface area (TPSA) is 66.4 Å². The van der Waals surface area contributed by atoms with Crippen molar-refractivity contribution in [2.45, 2.75) is 135 Å². The van der Waals surface area contributed by atoms with Gasteiger partial charge in [-0.15, -0.1) is 0 Å². The number of benzene rings is 1. The molecule has 1 aromatic rings. The fourth-order valence-corrected chi connectivity index (χ4v) is 4.38. The van der Waals surface area contributed by atoms with E-state index in [0.29, 0.717) is 6.61 Å². The fourth-order valence-electron chi connectivity index (χ4n) is 4.38. The molecule has 0 fully saturated rings. The van der Waals surface area contributed by atoms with Crippen LogP contribution < -0.4 is 5.11 Å². The molecule has 0 aromatic heterocycles. The Balaban J connectivity index is 0.0000116. The Hall–Kier alpha value is -0.580. The van der Waals surface area contributed by atoms with Gasteiger partial charge in [0.25, 0.3) is 0 Å². The molecular weight excluding hydrogens is 464 g/mol. The van der Waals surface area contributed by atoms with Crippen LogP contribution in [0.25, 0.3) is 0 Å². The van der Waals surface area contributed by atoms with Gasteiger partial charge in [0.15, 0.2) is 0 Å². The van der Waals surface area contributed by atoms with E-state index in [1.165, 1.54) is 134 Å². The molecule has 0 aliphatic carbocycles. The Morgan fingerprint density at radius 2 is 1.00 bits per heavy atom. The van der Waals surface area contributed by atoms with Crippen LogP contribution >= 0.6 is 0 Å². The molecule has 35 heavy (non-hydrogen) atoms. The summed E-state index contributed by atoms with van der Waals surface area (Å²) >= 11 is 0. The normalized spacial score (nSPS) is 10.7. The first-order chi connectivity index (χ1) is 16.6. The van der Waals surface area contributed by atoms with Gasteiger partial charge in [0.2, 0.25) is 0 Å². The van der Waals surface area contributed by atoms with Crippen molar-refractivity contribution >= 4 is 49.7 Å². The van der Waals surface area contributed by atoms with Crippen molar-refractivity contribution in [3.8, 4) is 0 Å². The second-order valence-electron chi connectivity index (χ2n) is 9.72. The second kappa shape index (κ2) is 25.1. The molecule has 0 unspecified atom stereocenters. The number of carboxylic acid groups (broad SMARTS) is 1. The van der Waals surface area contributed by atoms with Crippen molar-refractivity contribution < 1.29 is 19.4 Å². The summed E-state index contributed by atoms with van der Waals surface area (Å²) in [6.45, 7) is 2.66. The van der Waals surface area contributed by atoms with Crippen LogP contribution in [-0.4, -0.2) is 56.3 Å². The average Bonchev–Trinajstić information content (AvgIpc) is 2.85. The van der Waals surface area contributed by atoms with Gasteiger partial charge in [-0.05, 0) is 24.1 Å². The number of hydrogen-bond donors (Lipinski definition) is 0. The molecule has 0 saturated heterocycles. The summed E-state index contributed by atoms with van der Waals surface area (Å²) in [5, 5.41) is 10.9. The molecule has 0 N–H and O–H groups in total. The van der Waals surface area contributed by atoms with Crippen molar-refractivity contribution in [1.29, 1.82) is 0 Å². The van der Waals surface area contributed by atoms with E-state index in [4.69, 9.17) is 4.74 Å². The molecule has 0 aliphatic rings. The van der Waals surface area contributed by atoms with Crippen LogP contribution in [0.3, 0.4) is 0 Å². The Morgan fingerprint density at radius 3 is 1.40 bits per heavy atom. The van der Waals surface area contributed by atoms with E-state index in [1.54, 1.807) is 6.07 Å². The van der Waals surface area contributed by atoms with Crippen LogP contribution in [0.15, 0.2) is 24.3 Å². The zero-order valence-electron chi connectivity index (χ0n) is 22.5. The van der Waals surface area contributed by atoms with Gasteiger partial charge in [-0.2, -0.15) is 0 Å². The van der Waals surface area contributed by atoms with E-state index in [9.17, 15) is 14.7 Å². The summed E-state index contributed by atoms with van der Waals surface area (Å²) in [6.07, 6.45) is 26.7. The molecule has 1 rings (SSSR count). The summed E-state index contributed by atoms with van der Waals surface area (Å²) in [6, 6.07) is 5.80. The molecule has 0 heterocycles. The summed E-state index contributed by atoms with van der Waals surface area (Å²) in [4.78, 5) is 22.9. The third-order valence-corrected chi connectivity index (χ3v) is 6.57. The van der Waals surface area contributed by atoms with E-state index in [1.807, 2.05) is 0 Å². The quantitative estimate of drug-likeness (QED) is 0.0856. The fraction of sp³-hybridized carbons (Fsp3) is 0.733. The third-order valence-electron chi connectivity index (χ3n) is 6.57. The van der Waals surface area contributed by atoms with Gasteiger partial charge in [0, 0.05) is 0 Å². The van der Waals surface area contributed by atoms with E-state index in [-0.39, 0.29) is 48.9 Å². The number of aromatic carboxylic acids is 1. The number of unbranched alkanes of at least 4 members (excludes halogenated alkanes) is 19. The van der Waals surface area contributed by atoms with Gasteiger partial charge in [-0.1, -0.05) is 141 Å². The number of hydrogen-bond acceptors (Lipinski definition) is 4. The smallest absolute Gasteiger partial charge is 0.545 e. The first-order valence-corrected chi connectivity index (χ1v) is 14.1. The molecular formula is C30H49CaO4+. The van der Waals surface area contributed by atoms with Crippen LogP contribution in [0, 0.1) is 0 Å². The summed E-state index contributed by atoms with van der Waals surface area (Å²) in [5.74, 6) is -1.76. The molecule has 1 aromatic carbocycles. The van der Waals surface area contributed by atoms with E-state index in [0.717, 1.165) is 12.8 Å². The van der Waals surface area contributed by atoms with Gasteiger partial charge >= 0.3 is 43.7 Å². The predicted molar refractivity (Wildman–Crippen MR) is 145 cm³/mol. The first-order valence-electron chi connectivity index (χ1n) is 14.1. The number of carbonyl (C=O) groups is 2. The maximum absolute atomic E-state index is 12.0. The molecule has 0 spiro atoms. The molecule has 4 nitrogen and oxygen atoms in total. The van der Waals surface area contributed by atoms with Crippen molar-refractivity contribution in [1.82, 2.24) is 0 Å². The van der Waals surface area contributed by atoms with Crippen LogP contribution in [0.4, 0.5) is 0 Å². The molecule has 0 atom stereocenters. The summed E-state index contributed by atoms with van der Waals surface area (Å²) in [7, 11) is 0.